The van der Waals surface area contributed by atoms with Gasteiger partial charge < -0.3 is 5.32 Å². The lowest BCUT2D eigenvalue weighted by atomic mass is 9.87. The first kappa shape index (κ1) is 23.2. The van der Waals surface area contributed by atoms with Gasteiger partial charge in [-0.2, -0.15) is 0 Å². The minimum atomic E-state index is -0.0916. The van der Waals surface area contributed by atoms with E-state index in [0.717, 1.165) is 39.0 Å². The summed E-state index contributed by atoms with van der Waals surface area (Å²) in [7, 11) is 0. The standard InChI is InChI=1S/C26H38N2O/c1-6-7-16-27-25(29)17-26(4,5)20-28(18-23-12-8-21(2)9-13-23)19-24-14-10-22(3)11-15-24/h8-15H,6-7,16-20H2,1-5H3,(H,27,29). The molecule has 0 aliphatic heterocycles. The van der Waals surface area contributed by atoms with E-state index in [1.165, 1.54) is 22.3 Å². The summed E-state index contributed by atoms with van der Waals surface area (Å²) in [6.45, 7) is 14.2. The van der Waals surface area contributed by atoms with Crippen molar-refractivity contribution in [2.45, 2.75) is 67.0 Å². The second-order valence-corrected chi connectivity index (χ2v) is 9.16. The molecule has 3 nitrogen and oxygen atoms in total. The van der Waals surface area contributed by atoms with Crippen LogP contribution in [0.25, 0.3) is 0 Å². The number of carbonyl (C=O) groups is 1. The van der Waals surface area contributed by atoms with Crippen molar-refractivity contribution in [3.63, 3.8) is 0 Å². The van der Waals surface area contributed by atoms with Crippen LogP contribution in [0.3, 0.4) is 0 Å². The summed E-state index contributed by atoms with van der Waals surface area (Å²) < 4.78 is 0. The van der Waals surface area contributed by atoms with Crippen molar-refractivity contribution in [3.8, 4) is 0 Å². The van der Waals surface area contributed by atoms with E-state index in [1.54, 1.807) is 0 Å². The van der Waals surface area contributed by atoms with Gasteiger partial charge in [-0.25, -0.2) is 0 Å². The van der Waals surface area contributed by atoms with Crippen LogP contribution >= 0.6 is 0 Å². The number of unbranched alkanes of at least 4 members (excludes halogenated alkanes) is 1. The monoisotopic (exact) mass is 394 g/mol. The second-order valence-electron chi connectivity index (χ2n) is 9.16. The highest BCUT2D eigenvalue weighted by atomic mass is 16.1. The Labute approximate surface area is 177 Å². The molecule has 0 saturated heterocycles. The van der Waals surface area contributed by atoms with Crippen LogP contribution in [0.1, 0.15) is 62.3 Å². The summed E-state index contributed by atoms with van der Waals surface area (Å²) in [5.74, 6) is 0.161. The number of nitrogens with zero attached hydrogens (tertiary/aromatic N) is 1. The molecule has 0 aliphatic carbocycles. The van der Waals surface area contributed by atoms with Crippen molar-refractivity contribution >= 4 is 5.91 Å². The van der Waals surface area contributed by atoms with Crippen LogP contribution in [-0.4, -0.2) is 23.9 Å². The summed E-state index contributed by atoms with van der Waals surface area (Å²) >= 11 is 0. The van der Waals surface area contributed by atoms with Gasteiger partial charge in [-0.3, -0.25) is 9.69 Å². The molecule has 2 aromatic rings. The van der Waals surface area contributed by atoms with Crippen molar-refractivity contribution in [2.75, 3.05) is 13.1 Å². The molecule has 0 saturated carbocycles. The Morgan fingerprint density at radius 1 is 0.897 bits per heavy atom. The summed E-state index contributed by atoms with van der Waals surface area (Å²) in [6, 6.07) is 17.5. The molecule has 3 heteroatoms. The van der Waals surface area contributed by atoms with Crippen LogP contribution in [0.4, 0.5) is 0 Å². The predicted molar refractivity (Wildman–Crippen MR) is 123 cm³/mol. The van der Waals surface area contributed by atoms with Gasteiger partial charge in [-0.15, -0.1) is 0 Å². The molecule has 0 unspecified atom stereocenters. The van der Waals surface area contributed by atoms with Gasteiger partial charge in [0.15, 0.2) is 0 Å². The first-order valence-corrected chi connectivity index (χ1v) is 10.9. The Kier molecular flexibility index (Phi) is 8.91. The number of nitrogens with one attached hydrogen (secondary N) is 1. The highest BCUT2D eigenvalue weighted by Crippen LogP contribution is 2.24. The Hall–Kier alpha value is -2.13. The molecule has 2 rings (SSSR count). The zero-order chi connectivity index (χ0) is 21.3. The van der Waals surface area contributed by atoms with Gasteiger partial charge in [0.1, 0.15) is 0 Å². The van der Waals surface area contributed by atoms with E-state index in [9.17, 15) is 4.79 Å². The van der Waals surface area contributed by atoms with Gasteiger partial charge in [0.05, 0.1) is 0 Å². The normalized spacial score (nSPS) is 11.7. The Morgan fingerprint density at radius 2 is 1.38 bits per heavy atom. The molecule has 2 aromatic carbocycles. The Bertz CT molecular complexity index is 700. The maximum atomic E-state index is 12.4. The highest BCUT2D eigenvalue weighted by molar-refractivity contribution is 5.76. The van der Waals surface area contributed by atoms with E-state index in [2.05, 4.69) is 93.4 Å². The van der Waals surface area contributed by atoms with Gasteiger partial charge >= 0.3 is 0 Å². The first-order chi connectivity index (χ1) is 13.8. The minimum Gasteiger partial charge on any atom is -0.356 e. The molecule has 0 aromatic heterocycles. The average molecular weight is 395 g/mol. The van der Waals surface area contributed by atoms with Gasteiger partial charge in [0.2, 0.25) is 5.91 Å². The van der Waals surface area contributed by atoms with Crippen LogP contribution in [0, 0.1) is 19.3 Å². The molecule has 0 aliphatic rings. The molecule has 0 radical (unpaired) electrons. The molecule has 0 atom stereocenters. The van der Waals surface area contributed by atoms with Gasteiger partial charge in [-0.1, -0.05) is 86.8 Å². The van der Waals surface area contributed by atoms with Gasteiger partial charge in [0.25, 0.3) is 0 Å². The van der Waals surface area contributed by atoms with Gasteiger partial charge in [0, 0.05) is 32.6 Å². The van der Waals surface area contributed by atoms with Crippen molar-refractivity contribution in [2.24, 2.45) is 5.41 Å². The summed E-state index contributed by atoms with van der Waals surface area (Å²) in [6.07, 6.45) is 2.69. The van der Waals surface area contributed by atoms with Crippen LogP contribution in [0.5, 0.6) is 0 Å². The van der Waals surface area contributed by atoms with Crippen LogP contribution in [0.15, 0.2) is 48.5 Å². The Morgan fingerprint density at radius 3 is 1.83 bits per heavy atom. The highest BCUT2D eigenvalue weighted by Gasteiger charge is 2.25. The molecule has 158 valence electrons. The van der Waals surface area contributed by atoms with Crippen molar-refractivity contribution in [3.05, 3.63) is 70.8 Å². The number of carbonyl (C=O) groups excluding carboxylic acids is 1. The number of hydrogen-bond donors (Lipinski definition) is 1. The average Bonchev–Trinajstić information content (AvgIpc) is 2.65. The van der Waals surface area contributed by atoms with Crippen LogP contribution in [-0.2, 0) is 17.9 Å². The van der Waals surface area contributed by atoms with Crippen molar-refractivity contribution < 1.29 is 4.79 Å². The minimum absolute atomic E-state index is 0.0916. The maximum Gasteiger partial charge on any atom is 0.220 e. The molecule has 29 heavy (non-hydrogen) atoms. The third kappa shape index (κ3) is 8.82. The van der Waals surface area contributed by atoms with Gasteiger partial charge in [-0.05, 0) is 36.8 Å². The third-order valence-electron chi connectivity index (χ3n) is 5.20. The van der Waals surface area contributed by atoms with E-state index < -0.39 is 0 Å². The lowest BCUT2D eigenvalue weighted by molar-refractivity contribution is -0.123. The topological polar surface area (TPSA) is 32.3 Å². The van der Waals surface area contributed by atoms with Crippen molar-refractivity contribution in [1.29, 1.82) is 0 Å². The fourth-order valence-electron chi connectivity index (χ4n) is 3.63. The Balaban J connectivity index is 2.07. The fourth-order valence-corrected chi connectivity index (χ4v) is 3.63. The molecule has 0 bridgehead atoms. The molecule has 1 N–H and O–H groups in total. The zero-order valence-corrected chi connectivity index (χ0v) is 18.9. The number of hydrogen-bond acceptors (Lipinski definition) is 2. The maximum absolute atomic E-state index is 12.4. The molecule has 0 heterocycles. The molecule has 0 spiro atoms. The molecule has 1 amide bonds. The quantitative estimate of drug-likeness (QED) is 0.500. The van der Waals surface area contributed by atoms with E-state index in [0.29, 0.717) is 6.42 Å². The number of rotatable bonds is 11. The van der Waals surface area contributed by atoms with Crippen molar-refractivity contribution in [1.82, 2.24) is 10.2 Å². The third-order valence-corrected chi connectivity index (χ3v) is 5.20. The largest absolute Gasteiger partial charge is 0.356 e. The SMILES string of the molecule is CCCCNC(=O)CC(C)(C)CN(Cc1ccc(C)cc1)Cc1ccc(C)cc1. The van der Waals surface area contributed by atoms with E-state index in [1.807, 2.05) is 0 Å². The molecular formula is C26H38N2O. The number of benzene rings is 2. The summed E-state index contributed by atoms with van der Waals surface area (Å²) in [5, 5.41) is 3.07. The molecule has 0 fully saturated rings. The van der Waals surface area contributed by atoms with E-state index >= 15 is 0 Å². The predicted octanol–water partition coefficient (Wildman–Crippen LogP) is 5.64. The summed E-state index contributed by atoms with van der Waals surface area (Å²) in [4.78, 5) is 14.8. The molecular weight excluding hydrogens is 356 g/mol. The summed E-state index contributed by atoms with van der Waals surface area (Å²) in [5.41, 5.74) is 5.09. The zero-order valence-electron chi connectivity index (χ0n) is 18.9. The fraction of sp³-hybridized carbons (Fsp3) is 0.500. The second kappa shape index (κ2) is 11.2. The lowest BCUT2D eigenvalue weighted by Gasteiger charge is -2.32. The van der Waals surface area contributed by atoms with Crippen LogP contribution in [0.2, 0.25) is 0 Å². The van der Waals surface area contributed by atoms with E-state index in [4.69, 9.17) is 0 Å². The van der Waals surface area contributed by atoms with E-state index in [-0.39, 0.29) is 11.3 Å². The van der Waals surface area contributed by atoms with Crippen LogP contribution < -0.4 is 5.32 Å². The first-order valence-electron chi connectivity index (χ1n) is 10.9. The smallest absolute Gasteiger partial charge is 0.220 e. The number of amides is 1. The lowest BCUT2D eigenvalue weighted by Crippen LogP contribution is -2.37. The number of aryl methyl sites for hydroxylation is 2.